The van der Waals surface area contributed by atoms with Gasteiger partial charge in [0.2, 0.25) is 10.0 Å². The lowest BCUT2D eigenvalue weighted by molar-refractivity contribution is 0.250. The molecule has 0 radical (unpaired) electrons. The van der Waals surface area contributed by atoms with Crippen molar-refractivity contribution in [1.29, 1.82) is 0 Å². The summed E-state index contributed by atoms with van der Waals surface area (Å²) in [5.74, 6) is 1.01. The van der Waals surface area contributed by atoms with Gasteiger partial charge >= 0.3 is 0 Å². The number of piperidine rings is 1. The van der Waals surface area contributed by atoms with Crippen molar-refractivity contribution >= 4 is 22.4 Å². The lowest BCUT2D eigenvalue weighted by atomic mass is 9.92. The molecule has 0 amide bonds. The normalized spacial score (nSPS) is 17.5. The number of ether oxygens (including phenoxy) is 1. The second-order valence-electron chi connectivity index (χ2n) is 6.39. The quantitative estimate of drug-likeness (QED) is 0.829. The van der Waals surface area contributed by atoms with Crippen molar-refractivity contribution in [2.75, 3.05) is 20.2 Å². The van der Waals surface area contributed by atoms with Gasteiger partial charge in [-0.25, -0.2) is 13.1 Å². The Morgan fingerprint density at radius 1 is 1.27 bits per heavy atom. The predicted molar refractivity (Wildman–Crippen MR) is 102 cm³/mol. The highest BCUT2D eigenvalue weighted by Crippen LogP contribution is 2.27. The summed E-state index contributed by atoms with van der Waals surface area (Å²) in [7, 11) is -1.98. The highest BCUT2D eigenvalue weighted by molar-refractivity contribution is 7.89. The van der Waals surface area contributed by atoms with Gasteiger partial charge in [0.05, 0.1) is 19.5 Å². The van der Waals surface area contributed by atoms with Gasteiger partial charge in [0.15, 0.2) is 0 Å². The third kappa shape index (κ3) is 4.03. The summed E-state index contributed by atoms with van der Waals surface area (Å²) in [6.07, 6.45) is 4.50. The summed E-state index contributed by atoms with van der Waals surface area (Å²) in [6, 6.07) is 7.44. The summed E-state index contributed by atoms with van der Waals surface area (Å²) < 4.78 is 34.1. The molecule has 2 aromatic rings. The molecule has 1 atom stereocenters. The number of benzene rings is 1. The van der Waals surface area contributed by atoms with Gasteiger partial charge in [-0.15, -0.1) is 12.4 Å². The highest BCUT2D eigenvalue weighted by Gasteiger charge is 2.31. The fourth-order valence-electron chi connectivity index (χ4n) is 3.18. The molecule has 2 heterocycles. The summed E-state index contributed by atoms with van der Waals surface area (Å²) in [4.78, 5) is 0.192. The number of rotatable bonds is 5. The Bertz CT molecular complexity index is 830. The fraction of sp³-hybridized carbons (Fsp3) is 0.471. The second-order valence-corrected chi connectivity index (χ2v) is 8.33. The van der Waals surface area contributed by atoms with Crippen molar-refractivity contribution in [1.82, 2.24) is 14.1 Å². The van der Waals surface area contributed by atoms with Crippen LogP contribution in [0, 0.1) is 5.92 Å². The van der Waals surface area contributed by atoms with Crippen molar-refractivity contribution < 1.29 is 13.2 Å². The molecule has 0 spiro atoms. The molecule has 1 aliphatic rings. The molecule has 1 aromatic heterocycles. The van der Waals surface area contributed by atoms with Gasteiger partial charge in [-0.1, -0.05) is 12.1 Å². The lowest BCUT2D eigenvalue weighted by Gasteiger charge is -2.32. The minimum absolute atomic E-state index is 0. The van der Waals surface area contributed by atoms with Crippen LogP contribution in [0.15, 0.2) is 41.6 Å². The van der Waals surface area contributed by atoms with Crippen LogP contribution in [0.1, 0.15) is 19.8 Å². The average Bonchev–Trinajstić information content (AvgIpc) is 3.12. The molecule has 3 rings (SSSR count). The van der Waals surface area contributed by atoms with E-state index in [-0.39, 0.29) is 23.3 Å². The first-order valence-electron chi connectivity index (χ1n) is 8.37. The van der Waals surface area contributed by atoms with Gasteiger partial charge in [0, 0.05) is 19.1 Å². The van der Waals surface area contributed by atoms with Gasteiger partial charge in [-0.2, -0.15) is 9.40 Å². The topological polar surface area (TPSA) is 90.5 Å². The molecule has 0 aliphatic carbocycles. The average molecular weight is 401 g/mol. The third-order valence-electron chi connectivity index (χ3n) is 4.77. The van der Waals surface area contributed by atoms with Gasteiger partial charge in [-0.05, 0) is 37.8 Å². The molecular weight excluding hydrogens is 376 g/mol. The summed E-state index contributed by atoms with van der Waals surface area (Å²) in [5.41, 5.74) is 6.63. The summed E-state index contributed by atoms with van der Waals surface area (Å²) in [6.45, 7) is 2.97. The maximum absolute atomic E-state index is 12.9. The Morgan fingerprint density at radius 3 is 2.54 bits per heavy atom. The van der Waals surface area contributed by atoms with Gasteiger partial charge in [0.1, 0.15) is 16.3 Å². The minimum Gasteiger partial charge on any atom is -0.494 e. The fourth-order valence-corrected chi connectivity index (χ4v) is 4.58. The van der Waals surface area contributed by atoms with E-state index in [0.717, 1.165) is 12.8 Å². The van der Waals surface area contributed by atoms with E-state index in [4.69, 9.17) is 10.5 Å². The standard InChI is InChI=1S/C17H24N4O3S.ClH/c1-13(18)14-7-9-20(10-8-14)25(22,23)15-11-19-21(12-15)16-5-3-4-6-17(16)24-2;/h3-6,11-14H,7-10,18H2,1-2H3;1H. The van der Waals surface area contributed by atoms with Crippen LogP contribution in [-0.2, 0) is 10.0 Å². The Balaban J connectivity index is 0.00000243. The van der Waals surface area contributed by atoms with E-state index >= 15 is 0 Å². The molecule has 1 fully saturated rings. The number of methoxy groups -OCH3 is 1. The highest BCUT2D eigenvalue weighted by atomic mass is 35.5. The van der Waals surface area contributed by atoms with Gasteiger partial charge < -0.3 is 10.5 Å². The maximum Gasteiger partial charge on any atom is 0.246 e. The largest absolute Gasteiger partial charge is 0.494 e. The number of nitrogens with zero attached hydrogens (tertiary/aromatic N) is 3. The zero-order chi connectivity index (χ0) is 18.0. The Morgan fingerprint density at radius 2 is 1.92 bits per heavy atom. The molecule has 144 valence electrons. The molecular formula is C17H25ClN4O3S. The van der Waals surface area contributed by atoms with E-state index in [1.807, 2.05) is 31.2 Å². The molecule has 2 N–H and O–H groups in total. The van der Waals surface area contributed by atoms with Crippen molar-refractivity contribution in [3.63, 3.8) is 0 Å². The van der Waals surface area contributed by atoms with E-state index in [1.165, 1.54) is 21.4 Å². The van der Waals surface area contributed by atoms with Gasteiger partial charge in [0.25, 0.3) is 0 Å². The Labute approximate surface area is 160 Å². The van der Waals surface area contributed by atoms with E-state index < -0.39 is 10.0 Å². The molecule has 9 heteroatoms. The molecule has 1 saturated heterocycles. The van der Waals surface area contributed by atoms with E-state index in [2.05, 4.69) is 5.10 Å². The van der Waals surface area contributed by atoms with Crippen LogP contribution in [0.3, 0.4) is 0 Å². The van der Waals surface area contributed by atoms with Crippen LogP contribution in [0.25, 0.3) is 5.69 Å². The van der Waals surface area contributed by atoms with Crippen molar-refractivity contribution in [2.24, 2.45) is 11.7 Å². The van der Waals surface area contributed by atoms with Crippen LogP contribution in [0.4, 0.5) is 0 Å². The zero-order valence-corrected chi connectivity index (χ0v) is 16.5. The SMILES string of the molecule is COc1ccccc1-n1cc(S(=O)(=O)N2CCC(C(C)N)CC2)cn1.Cl. The first-order chi connectivity index (χ1) is 11.9. The molecule has 7 nitrogen and oxygen atoms in total. The van der Waals surface area contributed by atoms with E-state index in [9.17, 15) is 8.42 Å². The number of hydrogen-bond acceptors (Lipinski definition) is 5. The monoisotopic (exact) mass is 400 g/mol. The Kier molecular flexibility index (Phi) is 6.68. The van der Waals surface area contributed by atoms with Crippen LogP contribution < -0.4 is 10.5 Å². The number of sulfonamides is 1. The van der Waals surface area contributed by atoms with E-state index in [1.54, 1.807) is 7.11 Å². The van der Waals surface area contributed by atoms with E-state index in [0.29, 0.717) is 30.4 Å². The van der Waals surface area contributed by atoms with Crippen molar-refractivity contribution in [3.05, 3.63) is 36.7 Å². The van der Waals surface area contributed by atoms with Crippen LogP contribution in [-0.4, -0.2) is 48.7 Å². The zero-order valence-electron chi connectivity index (χ0n) is 14.9. The van der Waals surface area contributed by atoms with Gasteiger partial charge in [-0.3, -0.25) is 0 Å². The second kappa shape index (κ2) is 8.39. The molecule has 26 heavy (non-hydrogen) atoms. The summed E-state index contributed by atoms with van der Waals surface area (Å²) >= 11 is 0. The lowest BCUT2D eigenvalue weighted by Crippen LogP contribution is -2.42. The number of para-hydroxylation sites is 2. The molecule has 1 aliphatic heterocycles. The smallest absolute Gasteiger partial charge is 0.246 e. The first-order valence-corrected chi connectivity index (χ1v) is 9.81. The number of halogens is 1. The summed E-state index contributed by atoms with van der Waals surface area (Å²) in [5, 5.41) is 4.21. The number of hydrogen-bond donors (Lipinski definition) is 1. The number of aromatic nitrogens is 2. The third-order valence-corrected chi connectivity index (χ3v) is 6.62. The predicted octanol–water partition coefficient (Wildman–Crippen LogP) is 2.05. The van der Waals surface area contributed by atoms with Crippen molar-refractivity contribution in [3.8, 4) is 11.4 Å². The Hall–Kier alpha value is -1.61. The van der Waals surface area contributed by atoms with Crippen LogP contribution in [0.5, 0.6) is 5.75 Å². The molecule has 1 unspecified atom stereocenters. The van der Waals surface area contributed by atoms with Crippen LogP contribution >= 0.6 is 12.4 Å². The molecule has 0 saturated carbocycles. The molecule has 1 aromatic carbocycles. The first kappa shape index (κ1) is 20.7. The minimum atomic E-state index is -3.55. The maximum atomic E-state index is 12.9. The van der Waals surface area contributed by atoms with Crippen LogP contribution in [0.2, 0.25) is 0 Å². The number of nitrogens with two attached hydrogens (primary N) is 1. The van der Waals surface area contributed by atoms with Crippen molar-refractivity contribution in [2.45, 2.75) is 30.7 Å². The molecule has 0 bridgehead atoms.